The summed E-state index contributed by atoms with van der Waals surface area (Å²) >= 11 is 1.73. The number of nitrogens with one attached hydrogen (secondary N) is 1. The van der Waals surface area contributed by atoms with Gasteiger partial charge in [0.2, 0.25) is 0 Å². The van der Waals surface area contributed by atoms with Crippen LogP contribution in [0.4, 0.5) is 9.52 Å². The first-order chi connectivity index (χ1) is 13.7. The number of hydrogen-bond donors (Lipinski definition) is 1. The number of nitrogens with zero attached hydrogens (tertiary/aromatic N) is 2. The molecule has 146 valence electrons. The number of rotatable bonds is 6. The highest BCUT2D eigenvalue weighted by atomic mass is 32.1. The van der Waals surface area contributed by atoms with E-state index in [1.165, 1.54) is 16.8 Å². The topological polar surface area (TPSA) is 54.5 Å². The van der Waals surface area contributed by atoms with Gasteiger partial charge in [0.1, 0.15) is 0 Å². The number of carbonyl (C=O) groups is 1. The van der Waals surface area contributed by atoms with Crippen LogP contribution in [0.25, 0.3) is 10.2 Å². The van der Waals surface area contributed by atoms with E-state index in [2.05, 4.69) is 16.3 Å². The number of amides is 1. The Morgan fingerprint density at radius 3 is 2.71 bits per heavy atom. The van der Waals surface area contributed by atoms with E-state index in [1.807, 2.05) is 18.2 Å². The molecule has 1 aromatic heterocycles. The Bertz CT molecular complexity index is 920. The number of benzene rings is 2. The van der Waals surface area contributed by atoms with Gasteiger partial charge >= 0.3 is 0 Å². The molecule has 1 aliphatic rings. The maximum Gasteiger partial charge on any atom is 0.257 e. The Morgan fingerprint density at radius 2 is 1.93 bits per heavy atom. The van der Waals surface area contributed by atoms with Crippen molar-refractivity contribution in [2.75, 3.05) is 31.1 Å². The minimum absolute atomic E-state index is 0.0989. The van der Waals surface area contributed by atoms with Crippen LogP contribution >= 0.6 is 11.3 Å². The van der Waals surface area contributed by atoms with Crippen molar-refractivity contribution in [1.29, 1.82) is 0 Å². The first-order valence-electron chi connectivity index (χ1n) is 9.43. The monoisotopic (exact) mass is 399 g/mol. The molecule has 0 saturated carbocycles. The molecule has 0 bridgehead atoms. The van der Waals surface area contributed by atoms with Crippen LogP contribution in [0.1, 0.15) is 12.8 Å². The van der Waals surface area contributed by atoms with Gasteiger partial charge in [-0.3, -0.25) is 4.79 Å². The summed E-state index contributed by atoms with van der Waals surface area (Å²) in [7, 11) is 0. The second-order valence-electron chi connectivity index (χ2n) is 6.92. The third-order valence-electron chi connectivity index (χ3n) is 4.95. The van der Waals surface area contributed by atoms with Crippen molar-refractivity contribution in [1.82, 2.24) is 10.3 Å². The van der Waals surface area contributed by atoms with Gasteiger partial charge in [-0.15, -0.1) is 0 Å². The van der Waals surface area contributed by atoms with Gasteiger partial charge in [-0.25, -0.2) is 9.37 Å². The van der Waals surface area contributed by atoms with Crippen LogP contribution in [0, 0.1) is 11.7 Å². The molecule has 1 fully saturated rings. The number of halogens is 1. The number of piperidine rings is 1. The van der Waals surface area contributed by atoms with E-state index in [0.29, 0.717) is 12.5 Å². The lowest BCUT2D eigenvalue weighted by molar-refractivity contribution is -0.123. The van der Waals surface area contributed by atoms with E-state index in [9.17, 15) is 9.18 Å². The molecule has 0 spiro atoms. The van der Waals surface area contributed by atoms with Gasteiger partial charge in [-0.2, -0.15) is 0 Å². The van der Waals surface area contributed by atoms with Crippen molar-refractivity contribution in [3.05, 3.63) is 54.3 Å². The molecule has 4 rings (SSSR count). The Hall–Kier alpha value is -2.67. The summed E-state index contributed by atoms with van der Waals surface area (Å²) in [6.07, 6.45) is 2.01. The van der Waals surface area contributed by atoms with Gasteiger partial charge in [0, 0.05) is 19.6 Å². The van der Waals surface area contributed by atoms with E-state index >= 15 is 0 Å². The highest BCUT2D eigenvalue weighted by Gasteiger charge is 2.22. The standard InChI is InChI=1S/C21H22FN3O2S/c22-16-5-1-3-7-18(16)27-14-20(26)23-13-15-9-11-25(12-10-15)21-24-17-6-2-4-8-19(17)28-21/h1-8,15H,9-14H2,(H,23,26). The Morgan fingerprint density at radius 1 is 1.18 bits per heavy atom. The molecule has 7 heteroatoms. The van der Waals surface area contributed by atoms with Crippen LogP contribution in [0.2, 0.25) is 0 Å². The molecular formula is C21H22FN3O2S. The molecule has 2 aromatic carbocycles. The second kappa shape index (κ2) is 8.56. The van der Waals surface area contributed by atoms with Crippen molar-refractivity contribution in [2.45, 2.75) is 12.8 Å². The van der Waals surface area contributed by atoms with E-state index in [1.54, 1.807) is 23.5 Å². The molecule has 0 radical (unpaired) electrons. The van der Waals surface area contributed by atoms with Gasteiger partial charge in [-0.1, -0.05) is 35.6 Å². The predicted octanol–water partition coefficient (Wildman–Crippen LogP) is 3.85. The number of anilines is 1. The summed E-state index contributed by atoms with van der Waals surface area (Å²) in [5, 5.41) is 3.97. The normalized spacial score (nSPS) is 15.0. The molecule has 3 aromatic rings. The number of aromatic nitrogens is 1. The summed E-state index contributed by atoms with van der Waals surface area (Å²) in [6, 6.07) is 14.3. The van der Waals surface area contributed by atoms with E-state index in [0.717, 1.165) is 36.6 Å². The van der Waals surface area contributed by atoms with Crippen LogP contribution in [0.15, 0.2) is 48.5 Å². The van der Waals surface area contributed by atoms with Gasteiger partial charge in [-0.05, 0) is 43.0 Å². The van der Waals surface area contributed by atoms with Gasteiger partial charge in [0.15, 0.2) is 23.3 Å². The minimum Gasteiger partial charge on any atom is -0.481 e. The Labute approximate surface area is 167 Å². The molecule has 1 amide bonds. The number of ether oxygens (including phenoxy) is 1. The third-order valence-corrected chi connectivity index (χ3v) is 6.05. The molecule has 1 aliphatic heterocycles. The number of thiazole rings is 1. The van der Waals surface area contributed by atoms with Crippen LogP contribution in [-0.4, -0.2) is 37.1 Å². The maximum absolute atomic E-state index is 13.5. The highest BCUT2D eigenvalue weighted by molar-refractivity contribution is 7.22. The van der Waals surface area contributed by atoms with Gasteiger partial charge < -0.3 is 15.0 Å². The van der Waals surface area contributed by atoms with Crippen molar-refractivity contribution in [3.8, 4) is 5.75 Å². The lowest BCUT2D eigenvalue weighted by Gasteiger charge is -2.31. The van der Waals surface area contributed by atoms with Gasteiger partial charge in [0.25, 0.3) is 5.91 Å². The zero-order chi connectivity index (χ0) is 19.3. The molecule has 1 N–H and O–H groups in total. The van der Waals surface area contributed by atoms with Crippen LogP contribution in [0.3, 0.4) is 0 Å². The molecule has 1 saturated heterocycles. The summed E-state index contributed by atoms with van der Waals surface area (Å²) in [6.45, 7) is 2.32. The van der Waals surface area contributed by atoms with Crippen molar-refractivity contribution < 1.29 is 13.9 Å². The molecule has 0 unspecified atom stereocenters. The first-order valence-corrected chi connectivity index (χ1v) is 10.3. The average molecular weight is 399 g/mol. The predicted molar refractivity (Wildman–Crippen MR) is 109 cm³/mol. The van der Waals surface area contributed by atoms with Gasteiger partial charge in [0.05, 0.1) is 10.2 Å². The number of para-hydroxylation sites is 2. The fourth-order valence-corrected chi connectivity index (χ4v) is 4.36. The smallest absolute Gasteiger partial charge is 0.257 e. The quantitative estimate of drug-likeness (QED) is 0.684. The van der Waals surface area contributed by atoms with E-state index in [-0.39, 0.29) is 18.3 Å². The molecular weight excluding hydrogens is 377 g/mol. The summed E-state index contributed by atoms with van der Waals surface area (Å²) < 4.78 is 19.9. The third kappa shape index (κ3) is 4.42. The molecule has 5 nitrogen and oxygen atoms in total. The lowest BCUT2D eigenvalue weighted by atomic mass is 9.97. The van der Waals surface area contributed by atoms with Crippen molar-refractivity contribution >= 4 is 32.6 Å². The molecule has 0 aliphatic carbocycles. The summed E-state index contributed by atoms with van der Waals surface area (Å²) in [5.74, 6) is -0.154. The van der Waals surface area contributed by atoms with Crippen LogP contribution in [-0.2, 0) is 4.79 Å². The molecule has 2 heterocycles. The first kappa shape index (κ1) is 18.7. The summed E-state index contributed by atoms with van der Waals surface area (Å²) in [4.78, 5) is 19.0. The largest absolute Gasteiger partial charge is 0.481 e. The van der Waals surface area contributed by atoms with Crippen molar-refractivity contribution in [3.63, 3.8) is 0 Å². The fraction of sp³-hybridized carbons (Fsp3) is 0.333. The average Bonchev–Trinajstić information content (AvgIpc) is 3.16. The van der Waals surface area contributed by atoms with Crippen LogP contribution < -0.4 is 15.0 Å². The maximum atomic E-state index is 13.5. The zero-order valence-electron chi connectivity index (χ0n) is 15.4. The molecule has 0 atom stereocenters. The fourth-order valence-electron chi connectivity index (χ4n) is 3.34. The SMILES string of the molecule is O=C(COc1ccccc1F)NCC1CCN(c2nc3ccccc3s2)CC1. The number of hydrogen-bond acceptors (Lipinski definition) is 5. The number of fused-ring (bicyclic) bond motifs is 1. The minimum atomic E-state index is -0.461. The zero-order valence-corrected chi connectivity index (χ0v) is 16.3. The van der Waals surface area contributed by atoms with E-state index in [4.69, 9.17) is 9.72 Å². The van der Waals surface area contributed by atoms with E-state index < -0.39 is 5.82 Å². The van der Waals surface area contributed by atoms with Crippen LogP contribution in [0.5, 0.6) is 5.75 Å². The highest BCUT2D eigenvalue weighted by Crippen LogP contribution is 2.31. The van der Waals surface area contributed by atoms with Crippen molar-refractivity contribution in [2.24, 2.45) is 5.92 Å². The number of carbonyl (C=O) groups excluding carboxylic acids is 1. The summed E-state index contributed by atoms with van der Waals surface area (Å²) in [5.41, 5.74) is 1.05. The molecule has 28 heavy (non-hydrogen) atoms. The Kier molecular flexibility index (Phi) is 5.71. The second-order valence-corrected chi connectivity index (χ2v) is 7.93. The lowest BCUT2D eigenvalue weighted by Crippen LogP contribution is -2.39. The Balaban J connectivity index is 1.21.